The quantitative estimate of drug-likeness (QED) is 0.452. The van der Waals surface area contributed by atoms with Crippen LogP contribution in [0.4, 0.5) is 13.2 Å². The molecule has 2 aliphatic heterocycles. The summed E-state index contributed by atoms with van der Waals surface area (Å²) in [5.41, 5.74) is 1.79. The van der Waals surface area contributed by atoms with Crippen molar-refractivity contribution in [3.05, 3.63) is 55.8 Å². The lowest BCUT2D eigenvalue weighted by Crippen LogP contribution is -2.43. The molecule has 186 valence electrons. The third-order valence-corrected chi connectivity index (χ3v) is 7.71. The van der Waals surface area contributed by atoms with Crippen LogP contribution in [-0.2, 0) is 30.4 Å². The first-order valence-corrected chi connectivity index (χ1v) is 12.5. The zero-order valence-electron chi connectivity index (χ0n) is 19.2. The number of rotatable bonds is 4. The number of alkyl halides is 3. The van der Waals surface area contributed by atoms with E-state index in [1.54, 1.807) is 16.2 Å². The molecule has 5 heterocycles. The molecule has 0 spiro atoms. The highest BCUT2D eigenvalue weighted by Gasteiger charge is 2.39. The number of fused-ring (bicyclic) bond motifs is 3. The summed E-state index contributed by atoms with van der Waals surface area (Å²) in [5, 5.41) is 0.471. The van der Waals surface area contributed by atoms with E-state index in [0.29, 0.717) is 13.0 Å². The van der Waals surface area contributed by atoms with Gasteiger partial charge in [-0.05, 0) is 38.8 Å². The number of amides is 1. The molecule has 0 aromatic carbocycles. The van der Waals surface area contributed by atoms with Crippen LogP contribution in [0.5, 0.6) is 5.75 Å². The Morgan fingerprint density at radius 2 is 1.97 bits per heavy atom. The van der Waals surface area contributed by atoms with Crippen LogP contribution in [0.1, 0.15) is 57.4 Å². The van der Waals surface area contributed by atoms with Crippen LogP contribution in [-0.4, -0.2) is 43.5 Å². The van der Waals surface area contributed by atoms with Gasteiger partial charge in [0.05, 0.1) is 27.0 Å². The molecule has 3 aromatic heterocycles. The molecule has 0 N–H and O–H groups in total. The van der Waals surface area contributed by atoms with Crippen molar-refractivity contribution in [3.8, 4) is 5.75 Å². The standard InChI is InChI=1S/C23H23ClF3N5O2S/c1-12-21(35-13(2)28-12)20-19-14(29-17-5-3-4-9-31(17)19)8-10-32(20)18(33)11-34-15-6-7-16(23(25,26)27)30-22(15)24/h6-7,20H,3-5,8-11H2,1-2H3. The number of aromatic nitrogens is 4. The molecule has 0 saturated carbocycles. The fourth-order valence-corrected chi connectivity index (χ4v) is 6.05. The molecule has 0 aliphatic carbocycles. The summed E-state index contributed by atoms with van der Waals surface area (Å²) < 4.78 is 46.4. The molecule has 0 bridgehead atoms. The Morgan fingerprint density at radius 3 is 2.66 bits per heavy atom. The number of carbonyl (C=O) groups excluding carboxylic acids is 1. The fourth-order valence-electron chi connectivity index (χ4n) is 4.80. The largest absolute Gasteiger partial charge is 0.481 e. The number of nitrogens with zero attached hydrogens (tertiary/aromatic N) is 5. The van der Waals surface area contributed by atoms with Gasteiger partial charge in [-0.25, -0.2) is 15.0 Å². The number of halogens is 4. The van der Waals surface area contributed by atoms with Gasteiger partial charge in [-0.1, -0.05) is 11.6 Å². The Bertz CT molecular complexity index is 1290. The first-order valence-electron chi connectivity index (χ1n) is 11.3. The van der Waals surface area contributed by atoms with Crippen molar-refractivity contribution < 1.29 is 22.7 Å². The van der Waals surface area contributed by atoms with Crippen molar-refractivity contribution in [2.75, 3.05) is 13.2 Å². The molecule has 12 heteroatoms. The predicted octanol–water partition coefficient (Wildman–Crippen LogP) is 4.91. The monoisotopic (exact) mass is 525 g/mol. The van der Waals surface area contributed by atoms with E-state index in [1.807, 2.05) is 13.8 Å². The number of carbonyl (C=O) groups is 1. The summed E-state index contributed by atoms with van der Waals surface area (Å²) in [7, 11) is 0. The lowest BCUT2D eigenvalue weighted by atomic mass is 9.99. The van der Waals surface area contributed by atoms with Gasteiger partial charge in [-0.2, -0.15) is 13.2 Å². The van der Waals surface area contributed by atoms with Gasteiger partial charge in [0.1, 0.15) is 17.6 Å². The van der Waals surface area contributed by atoms with Crippen LogP contribution in [0, 0.1) is 13.8 Å². The van der Waals surface area contributed by atoms with E-state index in [9.17, 15) is 18.0 Å². The van der Waals surface area contributed by atoms with Gasteiger partial charge in [-0.15, -0.1) is 11.3 Å². The minimum Gasteiger partial charge on any atom is -0.481 e. The molecule has 35 heavy (non-hydrogen) atoms. The zero-order chi connectivity index (χ0) is 24.9. The van der Waals surface area contributed by atoms with Gasteiger partial charge in [0.2, 0.25) is 0 Å². The van der Waals surface area contributed by atoms with Gasteiger partial charge in [0.25, 0.3) is 5.91 Å². The molecule has 1 atom stereocenters. The highest BCUT2D eigenvalue weighted by atomic mass is 35.5. The predicted molar refractivity (Wildman–Crippen MR) is 124 cm³/mol. The van der Waals surface area contributed by atoms with Gasteiger partial charge >= 0.3 is 6.18 Å². The summed E-state index contributed by atoms with van der Waals surface area (Å²) in [6, 6.07) is 1.52. The Morgan fingerprint density at radius 1 is 1.17 bits per heavy atom. The SMILES string of the molecule is Cc1nc(C)c(C2c3c(nc4n3CCCC4)CCN2C(=O)COc2ccc(C(F)(F)F)nc2Cl)s1. The Balaban J connectivity index is 1.44. The van der Waals surface area contributed by atoms with E-state index in [0.717, 1.165) is 70.7 Å². The smallest absolute Gasteiger partial charge is 0.433 e. The van der Waals surface area contributed by atoms with Gasteiger partial charge in [0, 0.05) is 25.9 Å². The molecule has 3 aromatic rings. The number of imidazole rings is 1. The van der Waals surface area contributed by atoms with E-state index >= 15 is 0 Å². The molecule has 0 fully saturated rings. The van der Waals surface area contributed by atoms with Crippen molar-refractivity contribution in [2.24, 2.45) is 0 Å². The normalized spacial score (nSPS) is 17.8. The first kappa shape index (κ1) is 24.1. The first-order chi connectivity index (χ1) is 16.6. The van der Waals surface area contributed by atoms with E-state index in [4.69, 9.17) is 21.3 Å². The fraction of sp³-hybridized carbons (Fsp3) is 0.478. The second kappa shape index (κ2) is 9.09. The third kappa shape index (κ3) is 4.51. The van der Waals surface area contributed by atoms with Crippen molar-refractivity contribution >= 4 is 28.8 Å². The van der Waals surface area contributed by atoms with Crippen LogP contribution in [0.2, 0.25) is 5.15 Å². The molecule has 0 radical (unpaired) electrons. The molecular weight excluding hydrogens is 503 g/mol. The van der Waals surface area contributed by atoms with Crippen molar-refractivity contribution in [2.45, 2.75) is 58.3 Å². The van der Waals surface area contributed by atoms with Crippen LogP contribution in [0.3, 0.4) is 0 Å². The number of thiazole rings is 1. The minimum absolute atomic E-state index is 0.0752. The second-order valence-corrected chi connectivity index (χ2v) is 10.3. The molecule has 7 nitrogen and oxygen atoms in total. The molecule has 1 amide bonds. The van der Waals surface area contributed by atoms with Crippen molar-refractivity contribution in [3.63, 3.8) is 0 Å². The number of hydrogen-bond donors (Lipinski definition) is 0. The Hall–Kier alpha value is -2.66. The lowest BCUT2D eigenvalue weighted by Gasteiger charge is -2.36. The van der Waals surface area contributed by atoms with Crippen LogP contribution >= 0.6 is 22.9 Å². The maximum absolute atomic E-state index is 13.4. The summed E-state index contributed by atoms with van der Waals surface area (Å²) in [4.78, 5) is 29.0. The zero-order valence-corrected chi connectivity index (χ0v) is 20.7. The summed E-state index contributed by atoms with van der Waals surface area (Å²) in [6.45, 7) is 4.80. The Kier molecular flexibility index (Phi) is 6.25. The third-order valence-electron chi connectivity index (χ3n) is 6.32. The summed E-state index contributed by atoms with van der Waals surface area (Å²) in [5.74, 6) is 0.681. The van der Waals surface area contributed by atoms with Crippen molar-refractivity contribution in [1.82, 2.24) is 24.4 Å². The number of hydrogen-bond acceptors (Lipinski definition) is 6. The molecule has 5 rings (SSSR count). The molecule has 0 saturated heterocycles. The molecular formula is C23H23ClF3N5O2S. The average molecular weight is 526 g/mol. The number of ether oxygens (including phenoxy) is 1. The summed E-state index contributed by atoms with van der Waals surface area (Å²) in [6.07, 6.45) is -0.933. The number of pyridine rings is 1. The van der Waals surface area contributed by atoms with Gasteiger partial charge in [-0.3, -0.25) is 4.79 Å². The van der Waals surface area contributed by atoms with Crippen LogP contribution in [0.15, 0.2) is 12.1 Å². The van der Waals surface area contributed by atoms with Gasteiger partial charge in [0.15, 0.2) is 17.5 Å². The van der Waals surface area contributed by atoms with Crippen LogP contribution in [0.25, 0.3) is 0 Å². The highest BCUT2D eigenvalue weighted by molar-refractivity contribution is 7.11. The number of aryl methyl sites for hydroxylation is 3. The molecule has 2 aliphatic rings. The lowest BCUT2D eigenvalue weighted by molar-refractivity contribution is -0.141. The Labute approximate surface area is 208 Å². The molecule has 1 unspecified atom stereocenters. The summed E-state index contributed by atoms with van der Waals surface area (Å²) >= 11 is 7.46. The van der Waals surface area contributed by atoms with Crippen molar-refractivity contribution in [1.29, 1.82) is 0 Å². The second-order valence-electron chi connectivity index (χ2n) is 8.66. The van der Waals surface area contributed by atoms with E-state index < -0.39 is 17.0 Å². The maximum atomic E-state index is 13.4. The minimum atomic E-state index is -4.62. The highest BCUT2D eigenvalue weighted by Crippen LogP contribution is 2.41. The topological polar surface area (TPSA) is 73.1 Å². The van der Waals surface area contributed by atoms with Gasteiger partial charge < -0.3 is 14.2 Å². The maximum Gasteiger partial charge on any atom is 0.433 e. The van der Waals surface area contributed by atoms with E-state index in [2.05, 4.69) is 14.5 Å². The van der Waals surface area contributed by atoms with E-state index in [1.165, 1.54) is 0 Å². The van der Waals surface area contributed by atoms with Crippen LogP contribution < -0.4 is 4.74 Å². The average Bonchev–Trinajstić information content (AvgIpc) is 3.35. The van der Waals surface area contributed by atoms with E-state index in [-0.39, 0.29) is 24.3 Å².